The second kappa shape index (κ2) is 6.72. The summed E-state index contributed by atoms with van der Waals surface area (Å²) in [5.74, 6) is 0.0124. The first-order valence-electron chi connectivity index (χ1n) is 7.11. The molecule has 0 radical (unpaired) electrons. The number of likely N-dealkylation sites (tertiary alicyclic amines) is 1. The number of β-amino-alcohol motifs (C(OH)–C–C–N with tert-alkyl or cyclic N) is 1. The first-order chi connectivity index (χ1) is 9.56. The third-order valence-corrected chi connectivity index (χ3v) is 3.78. The van der Waals surface area contributed by atoms with Gasteiger partial charge in [0.1, 0.15) is 0 Å². The Kier molecular flexibility index (Phi) is 4.98. The van der Waals surface area contributed by atoms with Gasteiger partial charge in [-0.25, -0.2) is 0 Å². The third-order valence-electron chi connectivity index (χ3n) is 3.78. The summed E-state index contributed by atoms with van der Waals surface area (Å²) in [4.78, 5) is 14.1. The van der Waals surface area contributed by atoms with Gasteiger partial charge in [0.25, 0.3) is 0 Å². The molecule has 1 aliphatic heterocycles. The number of aliphatic hydroxyl groups is 1. The number of amides is 1. The van der Waals surface area contributed by atoms with Crippen LogP contribution in [0, 0.1) is 6.92 Å². The van der Waals surface area contributed by atoms with E-state index in [0.29, 0.717) is 12.1 Å². The Bertz CT molecular complexity index is 476. The van der Waals surface area contributed by atoms with E-state index >= 15 is 0 Å². The first kappa shape index (κ1) is 14.8. The van der Waals surface area contributed by atoms with Crippen LogP contribution in [0.5, 0.6) is 0 Å². The molecular formula is C15H23N3O2. The molecule has 1 atom stereocenters. The molecule has 5 heteroatoms. The van der Waals surface area contributed by atoms with Crippen LogP contribution in [0.3, 0.4) is 0 Å². The second-order valence-electron chi connectivity index (χ2n) is 5.41. The van der Waals surface area contributed by atoms with Gasteiger partial charge in [0.05, 0.1) is 6.10 Å². The van der Waals surface area contributed by atoms with Crippen LogP contribution in [0.4, 0.5) is 11.4 Å². The molecule has 1 unspecified atom stereocenters. The van der Waals surface area contributed by atoms with Gasteiger partial charge >= 0.3 is 0 Å². The van der Waals surface area contributed by atoms with E-state index in [4.69, 9.17) is 5.73 Å². The molecule has 1 amide bonds. The van der Waals surface area contributed by atoms with Gasteiger partial charge in [-0.15, -0.1) is 0 Å². The van der Waals surface area contributed by atoms with Crippen molar-refractivity contribution in [3.8, 4) is 0 Å². The van der Waals surface area contributed by atoms with Crippen molar-refractivity contribution >= 4 is 17.3 Å². The minimum atomic E-state index is -0.196. The monoisotopic (exact) mass is 277 g/mol. The highest BCUT2D eigenvalue weighted by Crippen LogP contribution is 2.20. The average Bonchev–Trinajstić information content (AvgIpc) is 2.81. The van der Waals surface area contributed by atoms with Crippen LogP contribution in [0.25, 0.3) is 0 Å². The van der Waals surface area contributed by atoms with Gasteiger partial charge in [0, 0.05) is 30.9 Å². The summed E-state index contributed by atoms with van der Waals surface area (Å²) < 4.78 is 0. The van der Waals surface area contributed by atoms with Crippen LogP contribution in [0.2, 0.25) is 0 Å². The van der Waals surface area contributed by atoms with Crippen molar-refractivity contribution < 1.29 is 9.90 Å². The van der Waals surface area contributed by atoms with Gasteiger partial charge in [-0.2, -0.15) is 0 Å². The lowest BCUT2D eigenvalue weighted by Crippen LogP contribution is -2.24. The lowest BCUT2D eigenvalue weighted by Gasteiger charge is -2.14. The largest absolute Gasteiger partial charge is 0.398 e. The van der Waals surface area contributed by atoms with E-state index in [0.717, 1.165) is 43.7 Å². The first-order valence-corrected chi connectivity index (χ1v) is 7.11. The van der Waals surface area contributed by atoms with Crippen LogP contribution >= 0.6 is 0 Å². The minimum Gasteiger partial charge on any atom is -0.398 e. The van der Waals surface area contributed by atoms with Gasteiger partial charge in [-0.3, -0.25) is 4.79 Å². The molecule has 4 N–H and O–H groups in total. The maximum Gasteiger partial charge on any atom is 0.224 e. The van der Waals surface area contributed by atoms with Crippen LogP contribution in [-0.4, -0.2) is 41.7 Å². The van der Waals surface area contributed by atoms with E-state index in [9.17, 15) is 9.90 Å². The Hall–Kier alpha value is -1.59. The van der Waals surface area contributed by atoms with Gasteiger partial charge in [-0.05, 0) is 44.0 Å². The number of carbonyl (C=O) groups is 1. The van der Waals surface area contributed by atoms with Crippen molar-refractivity contribution in [2.75, 3.05) is 30.7 Å². The molecule has 0 aromatic heterocycles. The molecular weight excluding hydrogens is 254 g/mol. The number of nitrogen functional groups attached to an aromatic ring is 1. The molecule has 2 rings (SSSR count). The van der Waals surface area contributed by atoms with E-state index < -0.39 is 0 Å². The van der Waals surface area contributed by atoms with Crippen LogP contribution in [0.1, 0.15) is 24.8 Å². The number of aliphatic hydroxyl groups excluding tert-OH is 1. The van der Waals surface area contributed by atoms with Crippen molar-refractivity contribution in [2.24, 2.45) is 0 Å². The van der Waals surface area contributed by atoms with Crippen molar-refractivity contribution in [1.29, 1.82) is 0 Å². The fraction of sp³-hybridized carbons (Fsp3) is 0.533. The zero-order valence-electron chi connectivity index (χ0n) is 11.9. The second-order valence-corrected chi connectivity index (χ2v) is 5.41. The summed E-state index contributed by atoms with van der Waals surface area (Å²) in [5.41, 5.74) is 8.19. The van der Waals surface area contributed by atoms with Gasteiger partial charge < -0.3 is 21.1 Å². The number of carbonyl (C=O) groups excluding carboxylic acids is 1. The van der Waals surface area contributed by atoms with E-state index in [1.807, 2.05) is 25.1 Å². The number of hydrogen-bond acceptors (Lipinski definition) is 4. The van der Waals surface area contributed by atoms with Crippen LogP contribution in [-0.2, 0) is 4.79 Å². The predicted octanol–water partition coefficient (Wildman–Crippen LogP) is 1.36. The summed E-state index contributed by atoms with van der Waals surface area (Å²) >= 11 is 0. The number of nitrogens with zero attached hydrogens (tertiary/aromatic N) is 1. The maximum atomic E-state index is 11.9. The Morgan fingerprint density at radius 1 is 1.55 bits per heavy atom. The van der Waals surface area contributed by atoms with Gasteiger partial charge in [0.15, 0.2) is 0 Å². The molecule has 0 bridgehead atoms. The van der Waals surface area contributed by atoms with Crippen LogP contribution in [0.15, 0.2) is 18.2 Å². The fourth-order valence-electron chi connectivity index (χ4n) is 2.48. The third kappa shape index (κ3) is 3.95. The zero-order valence-corrected chi connectivity index (χ0v) is 11.9. The average molecular weight is 277 g/mol. The summed E-state index contributed by atoms with van der Waals surface area (Å²) in [6.45, 7) is 4.42. The smallest absolute Gasteiger partial charge is 0.224 e. The summed E-state index contributed by atoms with van der Waals surface area (Å²) in [7, 11) is 0. The number of nitrogens with one attached hydrogen (secondary N) is 1. The highest BCUT2D eigenvalue weighted by molar-refractivity contribution is 5.92. The number of nitrogens with two attached hydrogens (primary N) is 1. The Balaban J connectivity index is 1.74. The standard InChI is InChI=1S/C15H23N3O2/c1-11-13(16)4-2-5-14(11)17-15(20)6-3-8-18-9-7-12(19)10-18/h2,4-5,12,19H,3,6-10,16H2,1H3,(H,17,20). The molecule has 1 aromatic carbocycles. The van der Waals surface area contributed by atoms with Crippen molar-refractivity contribution in [1.82, 2.24) is 4.90 Å². The highest BCUT2D eigenvalue weighted by Gasteiger charge is 2.19. The van der Waals surface area contributed by atoms with E-state index in [1.54, 1.807) is 0 Å². The molecule has 5 nitrogen and oxygen atoms in total. The number of benzene rings is 1. The molecule has 1 aromatic rings. The van der Waals surface area contributed by atoms with Crippen molar-refractivity contribution in [3.63, 3.8) is 0 Å². The normalized spacial score (nSPS) is 19.2. The Labute approximate surface area is 119 Å². The van der Waals surface area contributed by atoms with E-state index in [2.05, 4.69) is 10.2 Å². The lowest BCUT2D eigenvalue weighted by atomic mass is 10.1. The predicted molar refractivity (Wildman–Crippen MR) is 80.5 cm³/mol. The lowest BCUT2D eigenvalue weighted by molar-refractivity contribution is -0.116. The SMILES string of the molecule is Cc1c(N)cccc1NC(=O)CCCN1CCC(O)C1. The molecule has 0 saturated carbocycles. The zero-order chi connectivity index (χ0) is 14.5. The Morgan fingerprint density at radius 2 is 2.35 bits per heavy atom. The van der Waals surface area contributed by atoms with E-state index in [1.165, 1.54) is 0 Å². The molecule has 1 fully saturated rings. The summed E-state index contributed by atoms with van der Waals surface area (Å²) in [6, 6.07) is 5.52. The van der Waals surface area contributed by atoms with Gasteiger partial charge in [-0.1, -0.05) is 6.07 Å². The molecule has 1 heterocycles. The highest BCUT2D eigenvalue weighted by atomic mass is 16.3. The maximum absolute atomic E-state index is 11.9. The molecule has 110 valence electrons. The van der Waals surface area contributed by atoms with Crippen molar-refractivity contribution in [2.45, 2.75) is 32.3 Å². The molecule has 0 spiro atoms. The van der Waals surface area contributed by atoms with Crippen LogP contribution < -0.4 is 11.1 Å². The summed E-state index contributed by atoms with van der Waals surface area (Å²) in [6.07, 6.45) is 1.94. The quantitative estimate of drug-likeness (QED) is 0.710. The minimum absolute atomic E-state index is 0.0124. The molecule has 1 aliphatic rings. The molecule has 0 aliphatic carbocycles. The molecule has 1 saturated heterocycles. The number of anilines is 2. The van der Waals surface area contributed by atoms with Gasteiger partial charge in [0.2, 0.25) is 5.91 Å². The fourth-order valence-corrected chi connectivity index (χ4v) is 2.48. The van der Waals surface area contributed by atoms with Crippen molar-refractivity contribution in [3.05, 3.63) is 23.8 Å². The number of hydrogen-bond donors (Lipinski definition) is 3. The van der Waals surface area contributed by atoms with E-state index in [-0.39, 0.29) is 12.0 Å². The number of rotatable bonds is 5. The summed E-state index contributed by atoms with van der Waals surface area (Å²) in [5, 5.41) is 12.3. The Morgan fingerprint density at radius 3 is 3.05 bits per heavy atom. The topological polar surface area (TPSA) is 78.6 Å². The molecule has 20 heavy (non-hydrogen) atoms.